The van der Waals surface area contributed by atoms with Crippen molar-refractivity contribution in [1.29, 1.82) is 0 Å². The van der Waals surface area contributed by atoms with Crippen molar-refractivity contribution in [3.05, 3.63) is 18.2 Å². The van der Waals surface area contributed by atoms with Crippen LogP contribution < -0.4 is 15.5 Å². The summed E-state index contributed by atoms with van der Waals surface area (Å²) in [7, 11) is 0. The van der Waals surface area contributed by atoms with Gasteiger partial charge in [0.25, 0.3) is 5.24 Å². The smallest absolute Gasteiger partial charge is 0.286 e. The molecule has 0 aromatic heterocycles. The second-order valence-electron chi connectivity index (χ2n) is 5.24. The zero-order valence-corrected chi connectivity index (χ0v) is 13.5. The summed E-state index contributed by atoms with van der Waals surface area (Å²) in [5, 5.41) is 4.92. The maximum atomic E-state index is 12.1. The van der Waals surface area contributed by atoms with E-state index in [-0.39, 0.29) is 12.3 Å². The molecular weight excluding hydrogens is 336 g/mol. The highest BCUT2D eigenvalue weighted by atomic mass is 32.2. The molecule has 3 aliphatic rings. The van der Waals surface area contributed by atoms with E-state index >= 15 is 0 Å². The SMILES string of the molecule is O=C(CC1SC(=O)NC1=O)Nc1ccc2c(c1)N1CCN=C1S2. The number of thioether (sulfide) groups is 2. The molecule has 0 aliphatic carbocycles. The van der Waals surface area contributed by atoms with Gasteiger partial charge in [-0.05, 0) is 30.0 Å². The quantitative estimate of drug-likeness (QED) is 0.863. The topological polar surface area (TPSA) is 90.9 Å². The first-order valence-corrected chi connectivity index (χ1v) is 8.75. The number of amides is 3. The first kappa shape index (κ1) is 14.6. The van der Waals surface area contributed by atoms with Gasteiger partial charge in [-0.15, -0.1) is 0 Å². The number of benzene rings is 1. The molecule has 4 rings (SSSR count). The van der Waals surface area contributed by atoms with Crippen LogP contribution in [0.15, 0.2) is 28.1 Å². The predicted molar refractivity (Wildman–Crippen MR) is 90.1 cm³/mol. The Morgan fingerprint density at radius 3 is 3.09 bits per heavy atom. The number of carbonyl (C=O) groups excluding carboxylic acids is 3. The summed E-state index contributed by atoms with van der Waals surface area (Å²) in [5.41, 5.74) is 1.73. The number of anilines is 2. The van der Waals surface area contributed by atoms with Crippen LogP contribution in [0.3, 0.4) is 0 Å². The molecule has 9 heteroatoms. The van der Waals surface area contributed by atoms with Crippen molar-refractivity contribution in [3.63, 3.8) is 0 Å². The zero-order chi connectivity index (χ0) is 16.0. The van der Waals surface area contributed by atoms with Gasteiger partial charge in [0.05, 0.1) is 12.2 Å². The Morgan fingerprint density at radius 2 is 2.30 bits per heavy atom. The Morgan fingerprint density at radius 1 is 1.43 bits per heavy atom. The second-order valence-corrected chi connectivity index (χ2v) is 7.42. The molecule has 3 heterocycles. The van der Waals surface area contributed by atoms with E-state index in [9.17, 15) is 14.4 Å². The van der Waals surface area contributed by atoms with Crippen molar-refractivity contribution >= 4 is 57.1 Å². The number of fused-ring (bicyclic) bond motifs is 3. The predicted octanol–water partition coefficient (Wildman–Crippen LogP) is 1.65. The highest BCUT2D eigenvalue weighted by Crippen LogP contribution is 2.43. The lowest BCUT2D eigenvalue weighted by molar-refractivity contribution is -0.122. The molecule has 7 nitrogen and oxygen atoms in total. The third-order valence-electron chi connectivity index (χ3n) is 3.67. The van der Waals surface area contributed by atoms with Crippen LogP contribution in [0.1, 0.15) is 6.42 Å². The molecule has 1 aromatic carbocycles. The van der Waals surface area contributed by atoms with Crippen molar-refractivity contribution < 1.29 is 14.4 Å². The number of hydrogen-bond donors (Lipinski definition) is 2. The minimum atomic E-state index is -0.648. The zero-order valence-electron chi connectivity index (χ0n) is 11.9. The van der Waals surface area contributed by atoms with Gasteiger partial charge >= 0.3 is 0 Å². The van der Waals surface area contributed by atoms with Crippen LogP contribution in [-0.4, -0.2) is 40.6 Å². The maximum Gasteiger partial charge on any atom is 0.286 e. The lowest BCUT2D eigenvalue weighted by Crippen LogP contribution is -2.27. The van der Waals surface area contributed by atoms with Gasteiger partial charge in [-0.25, -0.2) is 0 Å². The Labute approximate surface area is 140 Å². The summed E-state index contributed by atoms with van der Waals surface area (Å²) in [6.45, 7) is 1.65. The van der Waals surface area contributed by atoms with Gasteiger partial charge in [-0.3, -0.25) is 24.7 Å². The van der Waals surface area contributed by atoms with E-state index < -0.39 is 16.4 Å². The molecule has 1 unspecified atom stereocenters. The van der Waals surface area contributed by atoms with E-state index in [2.05, 4.69) is 20.5 Å². The van der Waals surface area contributed by atoms with E-state index in [0.717, 1.165) is 40.6 Å². The summed E-state index contributed by atoms with van der Waals surface area (Å²) >= 11 is 2.49. The van der Waals surface area contributed by atoms with E-state index in [1.54, 1.807) is 11.8 Å². The van der Waals surface area contributed by atoms with Gasteiger partial charge in [0.15, 0.2) is 5.17 Å². The molecule has 0 saturated carbocycles. The number of nitrogens with zero attached hydrogens (tertiary/aromatic N) is 2. The molecule has 0 radical (unpaired) electrons. The lowest BCUT2D eigenvalue weighted by atomic mass is 10.2. The van der Waals surface area contributed by atoms with Crippen LogP contribution in [-0.2, 0) is 9.59 Å². The van der Waals surface area contributed by atoms with Crippen molar-refractivity contribution in [1.82, 2.24) is 5.32 Å². The fourth-order valence-electron chi connectivity index (χ4n) is 2.64. The lowest BCUT2D eigenvalue weighted by Gasteiger charge is -2.14. The minimum Gasteiger partial charge on any atom is -0.326 e. The molecule has 1 saturated heterocycles. The largest absolute Gasteiger partial charge is 0.326 e. The normalized spacial score (nSPS) is 21.8. The van der Waals surface area contributed by atoms with Gasteiger partial charge in [-0.2, -0.15) is 0 Å². The van der Waals surface area contributed by atoms with Crippen LogP contribution >= 0.6 is 23.5 Å². The molecule has 2 N–H and O–H groups in total. The van der Waals surface area contributed by atoms with Gasteiger partial charge in [0.1, 0.15) is 5.25 Å². The van der Waals surface area contributed by atoms with Crippen molar-refractivity contribution in [2.24, 2.45) is 4.99 Å². The third-order valence-corrected chi connectivity index (χ3v) is 5.75. The van der Waals surface area contributed by atoms with Crippen LogP contribution in [0.5, 0.6) is 0 Å². The van der Waals surface area contributed by atoms with Gasteiger partial charge in [0, 0.05) is 23.5 Å². The second kappa shape index (κ2) is 5.57. The minimum absolute atomic E-state index is 0.0233. The average Bonchev–Trinajstić information content (AvgIpc) is 3.14. The van der Waals surface area contributed by atoms with Crippen molar-refractivity contribution in [2.45, 2.75) is 16.6 Å². The number of imide groups is 1. The van der Waals surface area contributed by atoms with E-state index in [1.807, 2.05) is 18.2 Å². The van der Waals surface area contributed by atoms with Crippen LogP contribution in [0.4, 0.5) is 16.2 Å². The van der Waals surface area contributed by atoms with E-state index in [4.69, 9.17) is 0 Å². The summed E-state index contributed by atoms with van der Waals surface area (Å²) < 4.78 is 0. The molecule has 1 aromatic rings. The Kier molecular flexibility index (Phi) is 3.53. The van der Waals surface area contributed by atoms with Crippen LogP contribution in [0.25, 0.3) is 0 Å². The fraction of sp³-hybridized carbons (Fsp3) is 0.286. The standard InChI is InChI=1S/C14H12N4O3S2/c19-11(6-10-12(20)17-14(21)23-10)16-7-1-2-9-8(5-7)18-4-3-15-13(18)22-9/h1-2,5,10H,3-4,6H2,(H,16,19)(H,17,20,21). The summed E-state index contributed by atoms with van der Waals surface area (Å²) in [5.74, 6) is -0.688. The summed E-state index contributed by atoms with van der Waals surface area (Å²) in [6, 6.07) is 5.71. The van der Waals surface area contributed by atoms with Crippen LogP contribution in [0.2, 0.25) is 0 Å². The molecule has 3 aliphatic heterocycles. The van der Waals surface area contributed by atoms with E-state index in [0.29, 0.717) is 5.69 Å². The fourth-order valence-corrected chi connectivity index (χ4v) is 4.52. The Bertz CT molecular complexity index is 764. The molecule has 23 heavy (non-hydrogen) atoms. The highest BCUT2D eigenvalue weighted by Gasteiger charge is 2.33. The first-order chi connectivity index (χ1) is 11.1. The molecular formula is C14H12N4O3S2. The number of hydrogen-bond acceptors (Lipinski definition) is 7. The van der Waals surface area contributed by atoms with E-state index in [1.165, 1.54) is 0 Å². The monoisotopic (exact) mass is 348 g/mol. The van der Waals surface area contributed by atoms with Gasteiger partial charge in [0.2, 0.25) is 11.8 Å². The molecule has 118 valence electrons. The first-order valence-electron chi connectivity index (χ1n) is 7.05. The molecule has 1 atom stereocenters. The number of carbonyl (C=O) groups is 3. The van der Waals surface area contributed by atoms with Crippen molar-refractivity contribution in [2.75, 3.05) is 23.3 Å². The summed E-state index contributed by atoms with van der Waals surface area (Å²) in [4.78, 5) is 42.4. The molecule has 0 bridgehead atoms. The summed E-state index contributed by atoms with van der Waals surface area (Å²) in [6.07, 6.45) is -0.0233. The number of aliphatic imine (C=N–C) groups is 1. The average molecular weight is 348 g/mol. The Hall–Kier alpha value is -2.00. The molecule has 0 spiro atoms. The van der Waals surface area contributed by atoms with Gasteiger partial charge < -0.3 is 10.2 Å². The van der Waals surface area contributed by atoms with Gasteiger partial charge in [-0.1, -0.05) is 11.8 Å². The highest BCUT2D eigenvalue weighted by molar-refractivity contribution is 8.15. The number of nitrogens with one attached hydrogen (secondary N) is 2. The van der Waals surface area contributed by atoms with Crippen LogP contribution in [0, 0.1) is 0 Å². The molecule has 3 amide bonds. The number of rotatable bonds is 3. The third kappa shape index (κ3) is 2.70. The Balaban J connectivity index is 1.45. The number of amidine groups is 1. The maximum absolute atomic E-state index is 12.1. The molecule has 1 fully saturated rings. The van der Waals surface area contributed by atoms with Crippen molar-refractivity contribution in [3.8, 4) is 0 Å².